The Morgan fingerprint density at radius 3 is 3.05 bits per heavy atom. The smallest absolute Gasteiger partial charge is 0.340 e. The van der Waals surface area contributed by atoms with E-state index in [1.165, 1.54) is 6.20 Å². The van der Waals surface area contributed by atoms with Gasteiger partial charge in [-0.15, -0.1) is 0 Å². The number of carbonyl (C=O) groups excluding carboxylic acids is 1. The molecule has 0 aliphatic heterocycles. The summed E-state index contributed by atoms with van der Waals surface area (Å²) in [6, 6.07) is 4.91. The summed E-state index contributed by atoms with van der Waals surface area (Å²) in [6.45, 7) is 1.92. The first-order chi connectivity index (χ1) is 9.17. The second-order valence-electron chi connectivity index (χ2n) is 3.59. The van der Waals surface area contributed by atoms with Gasteiger partial charge < -0.3 is 4.74 Å². The Hall–Kier alpha value is -2.30. The van der Waals surface area contributed by atoms with Crippen LogP contribution in [-0.2, 0) is 4.74 Å². The zero-order valence-corrected chi connectivity index (χ0v) is 10.8. The average molecular weight is 277 g/mol. The molecule has 1 aromatic carbocycles. The number of aromatic nitrogens is 1. The van der Waals surface area contributed by atoms with Gasteiger partial charge in [-0.1, -0.05) is 22.8 Å². The van der Waals surface area contributed by atoms with E-state index in [1.807, 2.05) is 0 Å². The van der Waals surface area contributed by atoms with Crippen LogP contribution in [0, 0.1) is 0 Å². The van der Waals surface area contributed by atoms with E-state index in [-0.39, 0.29) is 17.9 Å². The Labute approximate surface area is 113 Å². The molecule has 0 unspecified atom stereocenters. The Kier molecular flexibility index (Phi) is 3.85. The molecule has 0 atom stereocenters. The molecule has 0 amide bonds. The number of pyridine rings is 1. The molecule has 7 heteroatoms. The van der Waals surface area contributed by atoms with E-state index < -0.39 is 5.97 Å². The van der Waals surface area contributed by atoms with Gasteiger partial charge in [0.2, 0.25) is 0 Å². The first-order valence-electron chi connectivity index (χ1n) is 5.48. The summed E-state index contributed by atoms with van der Waals surface area (Å²) in [7, 11) is 0. The summed E-state index contributed by atoms with van der Waals surface area (Å²) in [4.78, 5) is 18.6. The van der Waals surface area contributed by atoms with Gasteiger partial charge in [0.25, 0.3) is 0 Å². The lowest BCUT2D eigenvalue weighted by Gasteiger charge is -2.07. The van der Waals surface area contributed by atoms with Gasteiger partial charge in [-0.3, -0.25) is 4.98 Å². The van der Waals surface area contributed by atoms with E-state index in [2.05, 4.69) is 15.0 Å². The molecule has 0 saturated carbocycles. The molecule has 0 aliphatic carbocycles. The van der Waals surface area contributed by atoms with Crippen molar-refractivity contribution in [2.75, 3.05) is 6.61 Å². The van der Waals surface area contributed by atoms with Gasteiger partial charge in [0.05, 0.1) is 23.4 Å². The summed E-state index contributed by atoms with van der Waals surface area (Å²) in [5.74, 6) is -0.575. The van der Waals surface area contributed by atoms with Crippen molar-refractivity contribution >= 4 is 34.2 Å². The lowest BCUT2D eigenvalue weighted by molar-refractivity contribution is 0.0527. The van der Waals surface area contributed by atoms with Crippen molar-refractivity contribution in [3.05, 3.63) is 45.4 Å². The molecule has 0 N–H and O–H groups in total. The molecular weight excluding hydrogens is 268 g/mol. The molecule has 6 nitrogen and oxygen atoms in total. The quantitative estimate of drug-likeness (QED) is 0.367. The standard InChI is InChI=1S/C12H9ClN4O2/c1-2-19-12(18)9-6-15-10-5-7(13)3-4-8(10)11(9)16-17-14/h3-6H,2H2,1H3. The number of esters is 1. The van der Waals surface area contributed by atoms with Crippen molar-refractivity contribution in [3.63, 3.8) is 0 Å². The predicted octanol–water partition coefficient (Wildman–Crippen LogP) is 4.01. The summed E-state index contributed by atoms with van der Waals surface area (Å²) < 4.78 is 4.90. The highest BCUT2D eigenvalue weighted by atomic mass is 35.5. The topological polar surface area (TPSA) is 88.0 Å². The Bertz CT molecular complexity index is 695. The number of benzene rings is 1. The van der Waals surface area contributed by atoms with E-state index >= 15 is 0 Å². The van der Waals surface area contributed by atoms with Crippen LogP contribution < -0.4 is 0 Å². The van der Waals surface area contributed by atoms with Gasteiger partial charge in [-0.2, -0.15) is 0 Å². The number of hydrogen-bond acceptors (Lipinski definition) is 4. The number of rotatable bonds is 3. The highest BCUT2D eigenvalue weighted by Crippen LogP contribution is 2.31. The first kappa shape index (κ1) is 13.1. The van der Waals surface area contributed by atoms with E-state index in [9.17, 15) is 4.79 Å². The molecular formula is C12H9ClN4O2. The summed E-state index contributed by atoms with van der Waals surface area (Å²) in [5.41, 5.74) is 9.50. The van der Waals surface area contributed by atoms with Crippen LogP contribution in [-0.4, -0.2) is 17.6 Å². The third kappa shape index (κ3) is 2.59. The Morgan fingerprint density at radius 1 is 1.58 bits per heavy atom. The van der Waals surface area contributed by atoms with Crippen molar-refractivity contribution < 1.29 is 9.53 Å². The maximum atomic E-state index is 11.8. The van der Waals surface area contributed by atoms with Crippen LogP contribution in [0.5, 0.6) is 0 Å². The van der Waals surface area contributed by atoms with Gasteiger partial charge in [-0.05, 0) is 24.6 Å². The lowest BCUT2D eigenvalue weighted by Crippen LogP contribution is -2.05. The molecule has 96 valence electrons. The molecule has 2 rings (SSSR count). The van der Waals surface area contributed by atoms with Crippen LogP contribution in [0.15, 0.2) is 29.5 Å². The molecule has 0 spiro atoms. The zero-order valence-electron chi connectivity index (χ0n) is 10.00. The fraction of sp³-hybridized carbons (Fsp3) is 0.167. The molecule has 19 heavy (non-hydrogen) atoms. The van der Waals surface area contributed by atoms with Crippen molar-refractivity contribution in [1.29, 1.82) is 0 Å². The number of fused-ring (bicyclic) bond motifs is 1. The first-order valence-corrected chi connectivity index (χ1v) is 5.85. The number of ether oxygens (including phenoxy) is 1. The third-order valence-electron chi connectivity index (χ3n) is 2.44. The normalized spacial score (nSPS) is 10.0. The number of halogens is 1. The number of hydrogen-bond donors (Lipinski definition) is 0. The van der Waals surface area contributed by atoms with Crippen LogP contribution in [0.4, 0.5) is 5.69 Å². The minimum absolute atomic E-state index is 0.134. The highest BCUT2D eigenvalue weighted by Gasteiger charge is 2.15. The molecule has 0 fully saturated rings. The van der Waals surface area contributed by atoms with Gasteiger partial charge in [0.15, 0.2) is 0 Å². The summed E-state index contributed by atoms with van der Waals surface area (Å²) >= 11 is 5.87. The number of carbonyl (C=O) groups is 1. The van der Waals surface area contributed by atoms with E-state index in [0.29, 0.717) is 15.9 Å². The van der Waals surface area contributed by atoms with Crippen molar-refractivity contribution in [3.8, 4) is 0 Å². The molecule has 1 heterocycles. The molecule has 0 aliphatic rings. The van der Waals surface area contributed by atoms with Crippen molar-refractivity contribution in [2.24, 2.45) is 5.11 Å². The zero-order chi connectivity index (χ0) is 13.8. The van der Waals surface area contributed by atoms with Crippen molar-refractivity contribution in [2.45, 2.75) is 6.92 Å². The van der Waals surface area contributed by atoms with Crippen molar-refractivity contribution in [1.82, 2.24) is 4.98 Å². The van der Waals surface area contributed by atoms with E-state index in [4.69, 9.17) is 21.9 Å². The van der Waals surface area contributed by atoms with Gasteiger partial charge >= 0.3 is 5.97 Å². The van der Waals surface area contributed by atoms with Crippen LogP contribution in [0.25, 0.3) is 21.3 Å². The SMILES string of the molecule is CCOC(=O)c1cnc2cc(Cl)ccc2c1N=[N+]=[N-]. The lowest BCUT2D eigenvalue weighted by atomic mass is 10.1. The van der Waals surface area contributed by atoms with Crippen LogP contribution >= 0.6 is 11.6 Å². The fourth-order valence-corrected chi connectivity index (χ4v) is 1.83. The average Bonchev–Trinajstić information content (AvgIpc) is 2.39. The fourth-order valence-electron chi connectivity index (χ4n) is 1.66. The molecule has 0 bridgehead atoms. The van der Waals surface area contributed by atoms with Gasteiger partial charge in [0, 0.05) is 21.5 Å². The van der Waals surface area contributed by atoms with Gasteiger partial charge in [-0.25, -0.2) is 4.79 Å². The Balaban J connectivity index is 2.72. The number of nitrogens with zero attached hydrogens (tertiary/aromatic N) is 4. The molecule has 0 radical (unpaired) electrons. The summed E-state index contributed by atoms with van der Waals surface area (Å²) in [6.07, 6.45) is 1.32. The minimum atomic E-state index is -0.575. The van der Waals surface area contributed by atoms with E-state index in [0.717, 1.165) is 0 Å². The monoisotopic (exact) mass is 276 g/mol. The minimum Gasteiger partial charge on any atom is -0.462 e. The predicted molar refractivity (Wildman–Crippen MR) is 71.5 cm³/mol. The largest absolute Gasteiger partial charge is 0.462 e. The second kappa shape index (κ2) is 5.56. The van der Waals surface area contributed by atoms with E-state index in [1.54, 1.807) is 25.1 Å². The van der Waals surface area contributed by atoms with Crippen LogP contribution in [0.1, 0.15) is 17.3 Å². The maximum Gasteiger partial charge on any atom is 0.340 e. The molecule has 1 aromatic heterocycles. The Morgan fingerprint density at radius 2 is 2.37 bits per heavy atom. The molecule has 0 saturated heterocycles. The highest BCUT2D eigenvalue weighted by molar-refractivity contribution is 6.31. The van der Waals surface area contributed by atoms with Gasteiger partial charge in [0.1, 0.15) is 0 Å². The van der Waals surface area contributed by atoms with Crippen LogP contribution in [0.2, 0.25) is 5.02 Å². The summed E-state index contributed by atoms with van der Waals surface area (Å²) in [5, 5.41) is 4.62. The number of azide groups is 1. The maximum absolute atomic E-state index is 11.8. The van der Waals surface area contributed by atoms with Crippen LogP contribution in [0.3, 0.4) is 0 Å². The molecule has 2 aromatic rings. The second-order valence-corrected chi connectivity index (χ2v) is 4.03. The third-order valence-corrected chi connectivity index (χ3v) is 2.68.